The van der Waals surface area contributed by atoms with Crippen molar-refractivity contribution in [2.75, 3.05) is 6.61 Å². The number of aliphatic hydroxyl groups excluding tert-OH is 1. The third kappa shape index (κ3) is 6.85. The number of Topliss-reactive ketones (excluding diaryl/α,β-unsaturated/α-hetero) is 1. The van der Waals surface area contributed by atoms with Gasteiger partial charge in [0.05, 0.1) is 12.7 Å². The molecule has 1 unspecified atom stereocenters. The van der Waals surface area contributed by atoms with Gasteiger partial charge in [-0.3, -0.25) is 9.59 Å². The lowest BCUT2D eigenvalue weighted by molar-refractivity contribution is -0.143. The summed E-state index contributed by atoms with van der Waals surface area (Å²) in [7, 11) is 0. The number of unbranched alkanes of at least 4 members (excludes halogenated alkanes) is 5. The van der Waals surface area contributed by atoms with Crippen LogP contribution in [0.5, 0.6) is 0 Å². The molecular formula is C16H26O4. The first-order valence-corrected chi connectivity index (χ1v) is 7.71. The number of allylic oxidation sites excluding steroid dienone is 1. The largest absolute Gasteiger partial charge is 0.466 e. The summed E-state index contributed by atoms with van der Waals surface area (Å²) < 4.78 is 4.87. The number of ketones is 1. The molecule has 4 heteroatoms. The van der Waals surface area contributed by atoms with Crippen LogP contribution in [0.15, 0.2) is 11.6 Å². The van der Waals surface area contributed by atoms with Crippen molar-refractivity contribution in [3.63, 3.8) is 0 Å². The summed E-state index contributed by atoms with van der Waals surface area (Å²) in [6.45, 7) is 2.28. The van der Waals surface area contributed by atoms with Gasteiger partial charge in [0, 0.05) is 12.8 Å². The van der Waals surface area contributed by atoms with Crippen molar-refractivity contribution in [3.05, 3.63) is 11.6 Å². The first-order chi connectivity index (χ1) is 9.63. The standard InChI is InChI=1S/C16H26O4/c1-2-20-16(19)10-8-6-4-3-5-7-9-13-11-14(17)12-15(13)18/h11,14,17H,2-10,12H2,1H3. The Morgan fingerprint density at radius 1 is 1.25 bits per heavy atom. The minimum Gasteiger partial charge on any atom is -0.466 e. The topological polar surface area (TPSA) is 63.6 Å². The van der Waals surface area contributed by atoms with E-state index >= 15 is 0 Å². The molecule has 1 atom stereocenters. The van der Waals surface area contributed by atoms with Gasteiger partial charge in [-0.05, 0) is 37.8 Å². The maximum Gasteiger partial charge on any atom is 0.305 e. The van der Waals surface area contributed by atoms with Gasteiger partial charge in [-0.25, -0.2) is 0 Å². The minimum atomic E-state index is -0.555. The zero-order chi connectivity index (χ0) is 14.8. The number of hydrogen-bond donors (Lipinski definition) is 1. The molecule has 20 heavy (non-hydrogen) atoms. The van der Waals surface area contributed by atoms with E-state index in [9.17, 15) is 14.7 Å². The first-order valence-electron chi connectivity index (χ1n) is 7.71. The molecule has 0 aromatic rings. The van der Waals surface area contributed by atoms with Gasteiger partial charge in [0.15, 0.2) is 5.78 Å². The highest BCUT2D eigenvalue weighted by Gasteiger charge is 2.21. The number of esters is 1. The maximum absolute atomic E-state index is 11.4. The number of ether oxygens (including phenoxy) is 1. The Balaban J connectivity index is 1.92. The molecule has 0 fully saturated rings. The molecule has 0 spiro atoms. The zero-order valence-corrected chi connectivity index (χ0v) is 12.4. The number of carbonyl (C=O) groups excluding carboxylic acids is 2. The van der Waals surface area contributed by atoms with Crippen LogP contribution in [0.25, 0.3) is 0 Å². The summed E-state index contributed by atoms with van der Waals surface area (Å²) in [6.07, 6.45) is 9.02. The van der Waals surface area contributed by atoms with Gasteiger partial charge in [0.25, 0.3) is 0 Å². The zero-order valence-electron chi connectivity index (χ0n) is 12.4. The van der Waals surface area contributed by atoms with Crippen molar-refractivity contribution in [1.29, 1.82) is 0 Å². The van der Waals surface area contributed by atoms with Crippen molar-refractivity contribution in [2.24, 2.45) is 0 Å². The Morgan fingerprint density at radius 3 is 2.50 bits per heavy atom. The van der Waals surface area contributed by atoms with Crippen LogP contribution in [0, 0.1) is 0 Å². The molecule has 0 radical (unpaired) electrons. The van der Waals surface area contributed by atoms with E-state index in [4.69, 9.17) is 4.74 Å². The molecule has 0 bridgehead atoms. The molecule has 0 aliphatic heterocycles. The fourth-order valence-corrected chi connectivity index (χ4v) is 2.45. The van der Waals surface area contributed by atoms with Crippen LogP contribution in [0.1, 0.15) is 64.7 Å². The van der Waals surface area contributed by atoms with E-state index in [2.05, 4.69) is 0 Å². The molecule has 0 aromatic carbocycles. The Hall–Kier alpha value is -1.16. The Morgan fingerprint density at radius 2 is 1.90 bits per heavy atom. The average Bonchev–Trinajstić information content (AvgIpc) is 2.71. The molecule has 0 heterocycles. The molecule has 0 amide bonds. The molecule has 114 valence electrons. The Labute approximate surface area is 121 Å². The number of aliphatic hydroxyl groups is 1. The van der Waals surface area contributed by atoms with Gasteiger partial charge in [0.1, 0.15) is 0 Å². The van der Waals surface area contributed by atoms with E-state index in [1.54, 1.807) is 6.08 Å². The van der Waals surface area contributed by atoms with Crippen molar-refractivity contribution < 1.29 is 19.4 Å². The molecule has 1 aliphatic rings. The van der Waals surface area contributed by atoms with Crippen LogP contribution in [0.2, 0.25) is 0 Å². The highest BCUT2D eigenvalue weighted by molar-refractivity contribution is 5.98. The fourth-order valence-electron chi connectivity index (χ4n) is 2.45. The summed E-state index contributed by atoms with van der Waals surface area (Å²) in [5.74, 6) is 0.00433. The second-order valence-electron chi connectivity index (χ2n) is 5.31. The molecule has 0 aromatic heterocycles. The molecule has 0 saturated carbocycles. The van der Waals surface area contributed by atoms with Crippen LogP contribution in [-0.4, -0.2) is 29.6 Å². The molecular weight excluding hydrogens is 256 g/mol. The molecule has 0 saturated heterocycles. The van der Waals surface area contributed by atoms with Crippen LogP contribution in [-0.2, 0) is 14.3 Å². The quantitative estimate of drug-likeness (QED) is 0.494. The first kappa shape index (κ1) is 16.9. The lowest BCUT2D eigenvalue weighted by Crippen LogP contribution is -2.03. The van der Waals surface area contributed by atoms with Gasteiger partial charge >= 0.3 is 5.97 Å². The van der Waals surface area contributed by atoms with Gasteiger partial charge in [-0.15, -0.1) is 0 Å². The van der Waals surface area contributed by atoms with E-state index in [0.717, 1.165) is 50.5 Å². The van der Waals surface area contributed by atoms with E-state index in [1.807, 2.05) is 6.92 Å². The van der Waals surface area contributed by atoms with E-state index in [1.165, 1.54) is 0 Å². The highest BCUT2D eigenvalue weighted by Crippen LogP contribution is 2.20. The SMILES string of the molecule is CCOC(=O)CCCCCCCCC1=CC(O)CC1=O. The summed E-state index contributed by atoms with van der Waals surface area (Å²) in [4.78, 5) is 22.5. The predicted molar refractivity (Wildman–Crippen MR) is 77.3 cm³/mol. The van der Waals surface area contributed by atoms with Gasteiger partial charge < -0.3 is 9.84 Å². The minimum absolute atomic E-state index is 0.0993. The van der Waals surface area contributed by atoms with Crippen LogP contribution < -0.4 is 0 Å². The molecule has 1 aliphatic carbocycles. The van der Waals surface area contributed by atoms with Crippen molar-refractivity contribution in [1.82, 2.24) is 0 Å². The predicted octanol–water partition coefficient (Wildman–Crippen LogP) is 2.93. The van der Waals surface area contributed by atoms with Gasteiger partial charge in [0.2, 0.25) is 0 Å². The molecule has 1 rings (SSSR count). The summed E-state index contributed by atoms with van der Waals surface area (Å²) in [6, 6.07) is 0. The lowest BCUT2D eigenvalue weighted by Gasteiger charge is -2.03. The van der Waals surface area contributed by atoms with Crippen LogP contribution >= 0.6 is 0 Å². The second-order valence-corrected chi connectivity index (χ2v) is 5.31. The third-order valence-electron chi connectivity index (χ3n) is 3.53. The third-order valence-corrected chi connectivity index (χ3v) is 3.53. The Bertz CT molecular complexity index is 346. The summed E-state index contributed by atoms with van der Waals surface area (Å²) in [5, 5.41) is 9.32. The average molecular weight is 282 g/mol. The Kier molecular flexibility index (Phi) is 8.19. The smallest absolute Gasteiger partial charge is 0.305 e. The van der Waals surface area contributed by atoms with Gasteiger partial charge in [-0.1, -0.05) is 25.7 Å². The van der Waals surface area contributed by atoms with Crippen molar-refractivity contribution in [2.45, 2.75) is 70.8 Å². The maximum atomic E-state index is 11.4. The second kappa shape index (κ2) is 9.70. The van der Waals surface area contributed by atoms with Crippen LogP contribution in [0.3, 0.4) is 0 Å². The fraction of sp³-hybridized carbons (Fsp3) is 0.750. The normalized spacial score (nSPS) is 18.2. The van der Waals surface area contributed by atoms with Crippen molar-refractivity contribution in [3.8, 4) is 0 Å². The summed E-state index contributed by atoms with van der Waals surface area (Å²) in [5.41, 5.74) is 0.805. The molecule has 1 N–H and O–H groups in total. The van der Waals surface area contributed by atoms with E-state index in [0.29, 0.717) is 13.0 Å². The highest BCUT2D eigenvalue weighted by atomic mass is 16.5. The monoisotopic (exact) mass is 282 g/mol. The number of hydrogen-bond acceptors (Lipinski definition) is 4. The summed E-state index contributed by atoms with van der Waals surface area (Å²) >= 11 is 0. The molecule has 4 nitrogen and oxygen atoms in total. The number of carbonyl (C=O) groups is 2. The van der Waals surface area contributed by atoms with Crippen LogP contribution in [0.4, 0.5) is 0 Å². The van der Waals surface area contributed by atoms with E-state index < -0.39 is 6.10 Å². The number of rotatable bonds is 10. The van der Waals surface area contributed by atoms with Crippen molar-refractivity contribution >= 4 is 11.8 Å². The van der Waals surface area contributed by atoms with E-state index in [-0.39, 0.29) is 18.2 Å². The lowest BCUT2D eigenvalue weighted by atomic mass is 10.0. The van der Waals surface area contributed by atoms with Gasteiger partial charge in [-0.2, -0.15) is 0 Å².